The number of ether oxygens (including phenoxy) is 2. The average Bonchev–Trinajstić information content (AvgIpc) is 2.99. The Balaban J connectivity index is 1.85. The van der Waals surface area contributed by atoms with Crippen LogP contribution in [-0.4, -0.2) is 30.5 Å². The van der Waals surface area contributed by atoms with Gasteiger partial charge in [0.05, 0.1) is 19.4 Å². The van der Waals surface area contributed by atoms with E-state index in [0.29, 0.717) is 17.0 Å². The summed E-state index contributed by atoms with van der Waals surface area (Å²) < 4.78 is 12.2. The van der Waals surface area contributed by atoms with E-state index in [2.05, 4.69) is 50.6 Å². The number of halogens is 2. The zero-order valence-corrected chi connectivity index (χ0v) is 20.5. The minimum atomic E-state index is -0.752. The molecule has 7 nitrogen and oxygen atoms in total. The van der Waals surface area contributed by atoms with Crippen molar-refractivity contribution in [3.63, 3.8) is 0 Å². The van der Waals surface area contributed by atoms with Gasteiger partial charge in [-0.3, -0.25) is 15.0 Å². The molecule has 1 heterocycles. The molecule has 0 unspecified atom stereocenters. The van der Waals surface area contributed by atoms with Gasteiger partial charge in [-0.25, -0.2) is 9.80 Å². The van der Waals surface area contributed by atoms with Gasteiger partial charge in [0, 0.05) is 0 Å². The first kappa shape index (κ1) is 22.5. The molecule has 0 spiro atoms. The standard InChI is InChI=1S/C21H18I2N2O5/c1-3-29-21(28)12(2)30-18-16(22)10-13(11-17(18)23)9-15-19(26)24-25(20(15)27)14-7-5-4-6-8-14/h4-12H,3H2,1-2H3,(H,24,26)/b15-9-/t12-/m0/s1. The zero-order chi connectivity index (χ0) is 21.8. The summed E-state index contributed by atoms with van der Waals surface area (Å²) >= 11 is 4.19. The monoisotopic (exact) mass is 632 g/mol. The van der Waals surface area contributed by atoms with Crippen molar-refractivity contribution in [2.24, 2.45) is 0 Å². The number of anilines is 1. The van der Waals surface area contributed by atoms with E-state index in [1.165, 1.54) is 5.01 Å². The molecule has 156 valence electrons. The van der Waals surface area contributed by atoms with E-state index in [9.17, 15) is 14.4 Å². The second-order valence-corrected chi connectivity index (χ2v) is 8.63. The van der Waals surface area contributed by atoms with Crippen LogP contribution in [-0.2, 0) is 19.1 Å². The van der Waals surface area contributed by atoms with Gasteiger partial charge in [0.25, 0.3) is 11.8 Å². The number of amides is 2. The third kappa shape index (κ3) is 4.94. The number of para-hydroxylation sites is 1. The minimum Gasteiger partial charge on any atom is -0.477 e. The molecule has 3 rings (SSSR count). The van der Waals surface area contributed by atoms with Crippen LogP contribution in [0.3, 0.4) is 0 Å². The molecule has 1 atom stereocenters. The van der Waals surface area contributed by atoms with E-state index in [-0.39, 0.29) is 12.2 Å². The first-order valence-corrected chi connectivity index (χ1v) is 11.2. The third-order valence-electron chi connectivity index (χ3n) is 4.15. The Hall–Kier alpha value is -2.15. The van der Waals surface area contributed by atoms with Crippen LogP contribution in [0.4, 0.5) is 5.69 Å². The largest absolute Gasteiger partial charge is 0.477 e. The van der Waals surface area contributed by atoms with Gasteiger partial charge in [-0.05, 0) is 94.9 Å². The Morgan fingerprint density at radius 2 is 1.80 bits per heavy atom. The van der Waals surface area contributed by atoms with Crippen LogP contribution in [0.2, 0.25) is 0 Å². The van der Waals surface area contributed by atoms with Crippen molar-refractivity contribution in [1.82, 2.24) is 5.43 Å². The van der Waals surface area contributed by atoms with Crippen molar-refractivity contribution >= 4 is 74.7 Å². The molecule has 0 bridgehead atoms. The maximum Gasteiger partial charge on any atom is 0.347 e. The molecule has 1 aliphatic rings. The van der Waals surface area contributed by atoms with Crippen LogP contribution in [0.25, 0.3) is 6.08 Å². The first-order chi connectivity index (χ1) is 14.3. The molecule has 0 radical (unpaired) electrons. The van der Waals surface area contributed by atoms with Crippen molar-refractivity contribution < 1.29 is 23.9 Å². The number of nitrogens with zero attached hydrogens (tertiary/aromatic N) is 1. The lowest BCUT2D eigenvalue weighted by Crippen LogP contribution is -2.35. The van der Waals surface area contributed by atoms with Gasteiger partial charge in [0.1, 0.15) is 11.3 Å². The van der Waals surface area contributed by atoms with Gasteiger partial charge >= 0.3 is 5.97 Å². The van der Waals surface area contributed by atoms with E-state index in [4.69, 9.17) is 9.47 Å². The van der Waals surface area contributed by atoms with Crippen molar-refractivity contribution in [2.75, 3.05) is 11.6 Å². The molecular formula is C21H18I2N2O5. The number of hydrazine groups is 1. The lowest BCUT2D eigenvalue weighted by molar-refractivity contribution is -0.150. The summed E-state index contributed by atoms with van der Waals surface area (Å²) in [6.07, 6.45) is 0.793. The molecule has 1 N–H and O–H groups in total. The van der Waals surface area contributed by atoms with Gasteiger partial charge in [0.2, 0.25) is 0 Å². The molecule has 2 amide bonds. The molecule has 30 heavy (non-hydrogen) atoms. The predicted molar refractivity (Wildman–Crippen MR) is 129 cm³/mol. The van der Waals surface area contributed by atoms with Crippen LogP contribution < -0.4 is 15.2 Å². The molecule has 2 aromatic carbocycles. The summed E-state index contributed by atoms with van der Waals surface area (Å²) in [5.41, 5.74) is 3.88. The number of hydrogen-bond acceptors (Lipinski definition) is 5. The summed E-state index contributed by atoms with van der Waals surface area (Å²) in [6.45, 7) is 3.64. The van der Waals surface area contributed by atoms with Crippen LogP contribution in [0.1, 0.15) is 19.4 Å². The fourth-order valence-electron chi connectivity index (χ4n) is 2.74. The fraction of sp³-hybridized carbons (Fsp3) is 0.190. The fourth-order valence-corrected chi connectivity index (χ4v) is 4.81. The highest BCUT2D eigenvalue weighted by molar-refractivity contribution is 14.1. The van der Waals surface area contributed by atoms with Crippen LogP contribution >= 0.6 is 45.2 Å². The van der Waals surface area contributed by atoms with Gasteiger partial charge in [-0.2, -0.15) is 0 Å². The van der Waals surface area contributed by atoms with E-state index >= 15 is 0 Å². The van der Waals surface area contributed by atoms with E-state index in [1.54, 1.807) is 56.3 Å². The molecule has 1 fully saturated rings. The smallest absolute Gasteiger partial charge is 0.347 e. The number of benzene rings is 2. The molecule has 0 saturated carbocycles. The van der Waals surface area contributed by atoms with Crippen molar-refractivity contribution in [3.8, 4) is 5.75 Å². The molecule has 0 aromatic heterocycles. The van der Waals surface area contributed by atoms with Gasteiger partial charge < -0.3 is 9.47 Å². The van der Waals surface area contributed by atoms with Gasteiger partial charge in [0.15, 0.2) is 6.10 Å². The van der Waals surface area contributed by atoms with Gasteiger partial charge in [-0.1, -0.05) is 18.2 Å². The normalized spacial score (nSPS) is 15.9. The molecule has 2 aromatic rings. The second-order valence-electron chi connectivity index (χ2n) is 6.30. The minimum absolute atomic E-state index is 0.0408. The van der Waals surface area contributed by atoms with Crippen molar-refractivity contribution in [3.05, 3.63) is 60.7 Å². The second kappa shape index (κ2) is 9.77. The summed E-state index contributed by atoms with van der Waals surface area (Å²) in [6, 6.07) is 12.5. The van der Waals surface area contributed by atoms with Crippen molar-refractivity contribution in [1.29, 1.82) is 0 Å². The van der Waals surface area contributed by atoms with Crippen LogP contribution in [0.15, 0.2) is 48.0 Å². The Kier molecular flexibility index (Phi) is 7.34. The van der Waals surface area contributed by atoms with E-state index < -0.39 is 23.9 Å². The first-order valence-electron chi connectivity index (χ1n) is 9.06. The molecule has 0 aliphatic carbocycles. The average molecular weight is 632 g/mol. The Bertz CT molecular complexity index is 1000. The summed E-state index contributed by atoms with van der Waals surface area (Å²) in [7, 11) is 0. The quantitative estimate of drug-likeness (QED) is 0.228. The summed E-state index contributed by atoms with van der Waals surface area (Å²) in [4.78, 5) is 36.9. The maximum atomic E-state index is 12.7. The molecule has 9 heteroatoms. The van der Waals surface area contributed by atoms with Gasteiger partial charge in [-0.15, -0.1) is 0 Å². The Labute approximate surface area is 201 Å². The Morgan fingerprint density at radius 3 is 2.40 bits per heavy atom. The lowest BCUT2D eigenvalue weighted by Gasteiger charge is -2.16. The highest BCUT2D eigenvalue weighted by atomic mass is 127. The van der Waals surface area contributed by atoms with Crippen LogP contribution in [0, 0.1) is 7.14 Å². The van der Waals surface area contributed by atoms with E-state index in [1.807, 2.05) is 6.07 Å². The number of esters is 1. The highest BCUT2D eigenvalue weighted by Gasteiger charge is 2.34. The van der Waals surface area contributed by atoms with E-state index in [0.717, 1.165) is 7.14 Å². The number of nitrogens with one attached hydrogen (secondary N) is 1. The number of hydrogen-bond donors (Lipinski definition) is 1. The zero-order valence-electron chi connectivity index (χ0n) is 16.1. The molecule has 1 aliphatic heterocycles. The maximum absolute atomic E-state index is 12.7. The Morgan fingerprint density at radius 1 is 1.17 bits per heavy atom. The lowest BCUT2D eigenvalue weighted by atomic mass is 10.1. The summed E-state index contributed by atoms with van der Waals surface area (Å²) in [5.74, 6) is -0.783. The molecule has 1 saturated heterocycles. The predicted octanol–water partition coefficient (Wildman–Crippen LogP) is 3.69. The third-order valence-corrected chi connectivity index (χ3v) is 5.75. The van der Waals surface area contributed by atoms with Crippen LogP contribution in [0.5, 0.6) is 5.75 Å². The number of rotatable bonds is 6. The van der Waals surface area contributed by atoms with Crippen molar-refractivity contribution in [2.45, 2.75) is 20.0 Å². The SMILES string of the molecule is CCOC(=O)[C@H](C)Oc1c(I)cc(/C=C2/C(=O)NN(c3ccccc3)C2=O)cc1I. The number of carbonyl (C=O) groups excluding carboxylic acids is 3. The number of carbonyl (C=O) groups is 3. The summed E-state index contributed by atoms with van der Waals surface area (Å²) in [5, 5.41) is 1.22. The molecular weight excluding hydrogens is 614 g/mol. The highest BCUT2D eigenvalue weighted by Crippen LogP contribution is 2.31. The topological polar surface area (TPSA) is 84.9 Å².